The molecule has 0 fully saturated rings. The molecule has 15 heavy (non-hydrogen) atoms. The SMILES string of the molecule is Cc1cnc(NC(=O)NCCC(C)O)s1. The first-order valence-electron chi connectivity index (χ1n) is 4.73. The predicted molar refractivity (Wildman–Crippen MR) is 60.2 cm³/mol. The van der Waals surface area contributed by atoms with Crippen molar-refractivity contribution in [3.05, 3.63) is 11.1 Å². The summed E-state index contributed by atoms with van der Waals surface area (Å²) in [5.74, 6) is 0. The average Bonchev–Trinajstić information content (AvgIpc) is 2.50. The van der Waals surface area contributed by atoms with Crippen molar-refractivity contribution >= 4 is 22.5 Å². The molecule has 84 valence electrons. The lowest BCUT2D eigenvalue weighted by molar-refractivity contribution is 0.184. The van der Waals surface area contributed by atoms with Crippen LogP contribution in [0.15, 0.2) is 6.20 Å². The van der Waals surface area contributed by atoms with E-state index < -0.39 is 6.10 Å². The molecule has 1 unspecified atom stereocenters. The predicted octanol–water partition coefficient (Wildman–Crippen LogP) is 1.34. The molecule has 0 saturated heterocycles. The van der Waals surface area contributed by atoms with Crippen LogP contribution in [0.3, 0.4) is 0 Å². The molecule has 0 aliphatic carbocycles. The normalized spacial score (nSPS) is 12.2. The van der Waals surface area contributed by atoms with Crippen molar-refractivity contribution in [2.45, 2.75) is 26.4 Å². The van der Waals surface area contributed by atoms with Crippen LogP contribution in [-0.2, 0) is 0 Å². The lowest BCUT2D eigenvalue weighted by Crippen LogP contribution is -2.30. The van der Waals surface area contributed by atoms with Gasteiger partial charge in [0.2, 0.25) is 0 Å². The molecule has 0 saturated carbocycles. The Labute approximate surface area is 92.5 Å². The Hall–Kier alpha value is -1.14. The highest BCUT2D eigenvalue weighted by molar-refractivity contribution is 7.15. The van der Waals surface area contributed by atoms with Gasteiger partial charge in [0.15, 0.2) is 5.13 Å². The Balaban J connectivity index is 2.24. The third kappa shape index (κ3) is 4.75. The van der Waals surface area contributed by atoms with Crippen molar-refractivity contribution < 1.29 is 9.90 Å². The van der Waals surface area contributed by atoms with E-state index in [0.29, 0.717) is 18.1 Å². The number of aryl methyl sites for hydroxylation is 1. The van der Waals surface area contributed by atoms with Gasteiger partial charge in [-0.3, -0.25) is 5.32 Å². The van der Waals surface area contributed by atoms with Crippen molar-refractivity contribution in [3.63, 3.8) is 0 Å². The van der Waals surface area contributed by atoms with Crippen molar-refractivity contribution in [3.8, 4) is 0 Å². The van der Waals surface area contributed by atoms with Crippen LogP contribution in [0, 0.1) is 6.92 Å². The maximum atomic E-state index is 11.3. The number of anilines is 1. The Morgan fingerprint density at radius 2 is 2.47 bits per heavy atom. The molecule has 1 aromatic heterocycles. The molecule has 1 atom stereocenters. The molecule has 5 nitrogen and oxygen atoms in total. The molecule has 1 rings (SSSR count). The minimum atomic E-state index is -0.396. The van der Waals surface area contributed by atoms with Crippen LogP contribution in [-0.4, -0.2) is 28.8 Å². The third-order valence-corrected chi connectivity index (χ3v) is 2.52. The average molecular weight is 229 g/mol. The molecular formula is C9H15N3O2S. The Morgan fingerprint density at radius 3 is 3.00 bits per heavy atom. The van der Waals surface area contributed by atoms with E-state index in [4.69, 9.17) is 5.11 Å². The lowest BCUT2D eigenvalue weighted by atomic mass is 10.3. The van der Waals surface area contributed by atoms with Gasteiger partial charge in [0, 0.05) is 17.6 Å². The van der Waals surface area contributed by atoms with E-state index in [1.54, 1.807) is 13.1 Å². The zero-order chi connectivity index (χ0) is 11.3. The highest BCUT2D eigenvalue weighted by Gasteiger charge is 2.04. The van der Waals surface area contributed by atoms with E-state index in [9.17, 15) is 4.79 Å². The van der Waals surface area contributed by atoms with E-state index >= 15 is 0 Å². The van der Waals surface area contributed by atoms with Gasteiger partial charge in [-0.15, -0.1) is 11.3 Å². The molecule has 0 bridgehead atoms. The summed E-state index contributed by atoms with van der Waals surface area (Å²) in [6, 6.07) is -0.287. The fraction of sp³-hybridized carbons (Fsp3) is 0.556. The zero-order valence-corrected chi connectivity index (χ0v) is 9.60. The standard InChI is InChI=1S/C9H15N3O2S/c1-6(13)3-4-10-8(14)12-9-11-5-7(2)15-9/h5-6,13H,3-4H2,1-2H3,(H2,10,11,12,14). The number of aliphatic hydroxyl groups excluding tert-OH is 1. The summed E-state index contributed by atoms with van der Waals surface area (Å²) in [5.41, 5.74) is 0. The summed E-state index contributed by atoms with van der Waals surface area (Å²) in [6.45, 7) is 4.06. The van der Waals surface area contributed by atoms with Gasteiger partial charge in [0.25, 0.3) is 0 Å². The van der Waals surface area contributed by atoms with Crippen LogP contribution in [0.4, 0.5) is 9.93 Å². The summed E-state index contributed by atoms with van der Waals surface area (Å²) in [6.07, 6.45) is 1.85. The number of rotatable bonds is 4. The quantitative estimate of drug-likeness (QED) is 0.729. The first-order chi connectivity index (χ1) is 7.08. The summed E-state index contributed by atoms with van der Waals surface area (Å²) in [4.78, 5) is 16.3. The monoisotopic (exact) mass is 229 g/mol. The smallest absolute Gasteiger partial charge is 0.321 e. The van der Waals surface area contributed by atoms with E-state index in [1.807, 2.05) is 6.92 Å². The maximum absolute atomic E-state index is 11.3. The van der Waals surface area contributed by atoms with Gasteiger partial charge in [-0.1, -0.05) is 0 Å². The Morgan fingerprint density at radius 1 is 1.73 bits per heavy atom. The van der Waals surface area contributed by atoms with Gasteiger partial charge in [0.1, 0.15) is 0 Å². The molecular weight excluding hydrogens is 214 g/mol. The third-order valence-electron chi connectivity index (χ3n) is 1.69. The fourth-order valence-electron chi connectivity index (χ4n) is 0.948. The molecule has 1 aromatic rings. The maximum Gasteiger partial charge on any atom is 0.321 e. The first-order valence-corrected chi connectivity index (χ1v) is 5.55. The summed E-state index contributed by atoms with van der Waals surface area (Å²) in [5, 5.41) is 14.8. The van der Waals surface area contributed by atoms with Gasteiger partial charge < -0.3 is 10.4 Å². The van der Waals surface area contributed by atoms with Crippen LogP contribution in [0.1, 0.15) is 18.2 Å². The highest BCUT2D eigenvalue weighted by atomic mass is 32.1. The van der Waals surface area contributed by atoms with Crippen molar-refractivity contribution in [2.24, 2.45) is 0 Å². The highest BCUT2D eigenvalue weighted by Crippen LogP contribution is 2.15. The number of hydrogen-bond donors (Lipinski definition) is 3. The number of aliphatic hydroxyl groups is 1. The molecule has 0 aliphatic heterocycles. The zero-order valence-electron chi connectivity index (χ0n) is 8.78. The second kappa shape index (κ2) is 5.67. The van der Waals surface area contributed by atoms with Crippen LogP contribution >= 0.6 is 11.3 Å². The molecule has 0 spiro atoms. The second-order valence-corrected chi connectivity index (χ2v) is 4.53. The van der Waals surface area contributed by atoms with Crippen molar-refractivity contribution in [1.82, 2.24) is 10.3 Å². The summed E-state index contributed by atoms with van der Waals surface area (Å²) >= 11 is 1.42. The lowest BCUT2D eigenvalue weighted by Gasteiger charge is -2.06. The van der Waals surface area contributed by atoms with E-state index in [1.165, 1.54) is 11.3 Å². The number of hydrogen-bond acceptors (Lipinski definition) is 4. The topological polar surface area (TPSA) is 74.2 Å². The fourth-order valence-corrected chi connectivity index (χ4v) is 1.61. The first kappa shape index (κ1) is 11.9. The van der Waals surface area contributed by atoms with Gasteiger partial charge in [-0.25, -0.2) is 9.78 Å². The number of carbonyl (C=O) groups excluding carboxylic acids is 1. The number of urea groups is 1. The molecule has 2 amide bonds. The molecule has 0 aliphatic rings. The molecule has 1 heterocycles. The molecule has 3 N–H and O–H groups in total. The minimum Gasteiger partial charge on any atom is -0.393 e. The van der Waals surface area contributed by atoms with Gasteiger partial charge in [-0.2, -0.15) is 0 Å². The van der Waals surface area contributed by atoms with Gasteiger partial charge in [0.05, 0.1) is 6.10 Å². The molecule has 6 heteroatoms. The van der Waals surface area contributed by atoms with Crippen LogP contribution in [0.25, 0.3) is 0 Å². The summed E-state index contributed by atoms with van der Waals surface area (Å²) < 4.78 is 0. The van der Waals surface area contributed by atoms with E-state index in [0.717, 1.165) is 4.88 Å². The van der Waals surface area contributed by atoms with Gasteiger partial charge >= 0.3 is 6.03 Å². The van der Waals surface area contributed by atoms with Crippen LogP contribution < -0.4 is 10.6 Å². The van der Waals surface area contributed by atoms with Crippen LogP contribution in [0.5, 0.6) is 0 Å². The van der Waals surface area contributed by atoms with Crippen molar-refractivity contribution in [2.75, 3.05) is 11.9 Å². The minimum absolute atomic E-state index is 0.287. The number of amides is 2. The second-order valence-electron chi connectivity index (χ2n) is 3.29. The number of nitrogens with one attached hydrogen (secondary N) is 2. The van der Waals surface area contributed by atoms with Crippen molar-refractivity contribution in [1.29, 1.82) is 0 Å². The van der Waals surface area contributed by atoms with E-state index in [2.05, 4.69) is 15.6 Å². The van der Waals surface area contributed by atoms with Crippen LogP contribution in [0.2, 0.25) is 0 Å². The number of nitrogens with zero attached hydrogens (tertiary/aromatic N) is 1. The molecule has 0 radical (unpaired) electrons. The number of thiazole rings is 1. The Kier molecular flexibility index (Phi) is 4.51. The number of aromatic nitrogens is 1. The Bertz CT molecular complexity index is 325. The summed E-state index contributed by atoms with van der Waals surface area (Å²) in [7, 11) is 0. The largest absolute Gasteiger partial charge is 0.393 e. The van der Waals surface area contributed by atoms with E-state index in [-0.39, 0.29) is 6.03 Å². The number of carbonyl (C=O) groups is 1. The van der Waals surface area contributed by atoms with Gasteiger partial charge in [-0.05, 0) is 20.3 Å². The molecule has 0 aromatic carbocycles.